The molecule has 0 radical (unpaired) electrons. The van der Waals surface area contributed by atoms with Crippen molar-refractivity contribution in [1.82, 2.24) is 5.32 Å². The van der Waals surface area contributed by atoms with Crippen LogP contribution in [0.3, 0.4) is 0 Å². The molecule has 0 aliphatic rings. The fourth-order valence-electron chi connectivity index (χ4n) is 1.72. The number of benzene rings is 1. The van der Waals surface area contributed by atoms with Crippen molar-refractivity contribution in [1.29, 1.82) is 0 Å². The summed E-state index contributed by atoms with van der Waals surface area (Å²) in [4.78, 5) is 12.0. The summed E-state index contributed by atoms with van der Waals surface area (Å²) in [6.45, 7) is 5.98. The van der Waals surface area contributed by atoms with Crippen molar-refractivity contribution in [2.45, 2.75) is 45.7 Å². The van der Waals surface area contributed by atoms with Crippen LogP contribution in [0, 0.1) is 0 Å². The molecule has 1 amide bonds. The van der Waals surface area contributed by atoms with Crippen molar-refractivity contribution in [2.75, 3.05) is 5.32 Å². The SMILES string of the molecule is CCC(CC)NC(=O)C(C)Nc1ccc(Br)c(Cl)c1. The van der Waals surface area contributed by atoms with Crippen molar-refractivity contribution in [3.8, 4) is 0 Å². The van der Waals surface area contributed by atoms with Gasteiger partial charge in [-0.25, -0.2) is 0 Å². The predicted octanol–water partition coefficient (Wildman–Crippen LogP) is 4.21. The molecule has 3 nitrogen and oxygen atoms in total. The molecule has 0 heterocycles. The van der Waals surface area contributed by atoms with E-state index in [0.717, 1.165) is 23.0 Å². The second-order valence-corrected chi connectivity index (χ2v) is 5.78. The van der Waals surface area contributed by atoms with E-state index in [1.807, 2.05) is 19.1 Å². The van der Waals surface area contributed by atoms with E-state index in [1.165, 1.54) is 0 Å². The van der Waals surface area contributed by atoms with Gasteiger partial charge in [-0.3, -0.25) is 4.79 Å². The zero-order valence-corrected chi connectivity index (χ0v) is 13.8. The summed E-state index contributed by atoms with van der Waals surface area (Å²) in [5, 5.41) is 6.79. The molecule has 0 bridgehead atoms. The van der Waals surface area contributed by atoms with E-state index in [9.17, 15) is 4.79 Å². The van der Waals surface area contributed by atoms with Gasteiger partial charge in [-0.1, -0.05) is 25.4 Å². The van der Waals surface area contributed by atoms with Crippen LogP contribution in [0.15, 0.2) is 22.7 Å². The molecule has 1 unspecified atom stereocenters. The Labute approximate surface area is 128 Å². The molecular formula is C14H20BrClN2O. The third-order valence-electron chi connectivity index (χ3n) is 3.03. The van der Waals surface area contributed by atoms with Gasteiger partial charge in [0.2, 0.25) is 5.91 Å². The minimum absolute atomic E-state index is 0.00717. The Hall–Kier alpha value is -0.740. The summed E-state index contributed by atoms with van der Waals surface area (Å²) in [5.41, 5.74) is 0.834. The second-order valence-electron chi connectivity index (χ2n) is 4.52. The Morgan fingerprint density at radius 3 is 2.53 bits per heavy atom. The number of halogens is 2. The topological polar surface area (TPSA) is 41.1 Å². The molecule has 0 fully saturated rings. The van der Waals surface area contributed by atoms with E-state index in [0.29, 0.717) is 5.02 Å². The van der Waals surface area contributed by atoms with Gasteiger partial charge in [0.25, 0.3) is 0 Å². The van der Waals surface area contributed by atoms with E-state index < -0.39 is 0 Å². The minimum atomic E-state index is -0.294. The van der Waals surface area contributed by atoms with Gasteiger partial charge in [0.15, 0.2) is 0 Å². The summed E-state index contributed by atoms with van der Waals surface area (Å²) < 4.78 is 0.842. The molecule has 1 rings (SSSR count). The van der Waals surface area contributed by atoms with Crippen LogP contribution >= 0.6 is 27.5 Å². The first-order valence-electron chi connectivity index (χ1n) is 6.49. The molecule has 19 heavy (non-hydrogen) atoms. The lowest BCUT2D eigenvalue weighted by Gasteiger charge is -2.20. The minimum Gasteiger partial charge on any atom is -0.374 e. The molecule has 1 aromatic carbocycles. The monoisotopic (exact) mass is 346 g/mol. The third-order valence-corrected chi connectivity index (χ3v) is 4.26. The number of hydrogen-bond acceptors (Lipinski definition) is 2. The largest absolute Gasteiger partial charge is 0.374 e. The number of nitrogens with one attached hydrogen (secondary N) is 2. The van der Waals surface area contributed by atoms with E-state index in [-0.39, 0.29) is 18.0 Å². The zero-order valence-electron chi connectivity index (χ0n) is 11.5. The fraction of sp³-hybridized carbons (Fsp3) is 0.500. The highest BCUT2D eigenvalue weighted by atomic mass is 79.9. The van der Waals surface area contributed by atoms with Gasteiger partial charge in [0.1, 0.15) is 6.04 Å². The quantitative estimate of drug-likeness (QED) is 0.809. The van der Waals surface area contributed by atoms with E-state index >= 15 is 0 Å². The number of carbonyl (C=O) groups excluding carboxylic acids is 1. The maximum Gasteiger partial charge on any atom is 0.242 e. The summed E-state index contributed by atoms with van der Waals surface area (Å²) >= 11 is 9.36. The zero-order chi connectivity index (χ0) is 14.4. The first-order chi connectivity index (χ1) is 8.97. The highest BCUT2D eigenvalue weighted by molar-refractivity contribution is 9.10. The van der Waals surface area contributed by atoms with Crippen molar-refractivity contribution in [3.05, 3.63) is 27.7 Å². The number of carbonyl (C=O) groups is 1. The van der Waals surface area contributed by atoms with E-state index in [4.69, 9.17) is 11.6 Å². The highest BCUT2D eigenvalue weighted by Gasteiger charge is 2.15. The second kappa shape index (κ2) is 7.75. The number of anilines is 1. The summed E-state index contributed by atoms with van der Waals surface area (Å²) in [7, 11) is 0. The molecule has 5 heteroatoms. The molecule has 1 aromatic rings. The van der Waals surface area contributed by atoms with Crippen LogP contribution in [0.2, 0.25) is 5.02 Å². The van der Waals surface area contributed by atoms with Gasteiger partial charge < -0.3 is 10.6 Å². The van der Waals surface area contributed by atoms with Gasteiger partial charge >= 0.3 is 0 Å². The number of hydrogen-bond donors (Lipinski definition) is 2. The Bertz CT molecular complexity index is 435. The summed E-state index contributed by atoms with van der Waals surface area (Å²) in [6, 6.07) is 5.49. The van der Waals surface area contributed by atoms with Gasteiger partial charge in [0.05, 0.1) is 5.02 Å². The Balaban J connectivity index is 2.60. The normalized spacial score (nSPS) is 12.3. The van der Waals surface area contributed by atoms with E-state index in [1.54, 1.807) is 6.07 Å². The molecule has 0 saturated carbocycles. The first kappa shape index (κ1) is 16.3. The van der Waals surface area contributed by atoms with E-state index in [2.05, 4.69) is 40.4 Å². The van der Waals surface area contributed by atoms with Crippen LogP contribution in [0.1, 0.15) is 33.6 Å². The van der Waals surface area contributed by atoms with Crippen LogP contribution in [0.5, 0.6) is 0 Å². The molecule has 0 aliphatic heterocycles. The Morgan fingerprint density at radius 2 is 2.00 bits per heavy atom. The third kappa shape index (κ3) is 5.03. The van der Waals surface area contributed by atoms with Crippen LogP contribution < -0.4 is 10.6 Å². The van der Waals surface area contributed by atoms with Gasteiger partial charge in [-0.05, 0) is 53.9 Å². The van der Waals surface area contributed by atoms with Gasteiger partial charge in [-0.15, -0.1) is 0 Å². The first-order valence-corrected chi connectivity index (χ1v) is 7.67. The van der Waals surface area contributed by atoms with Crippen LogP contribution in [0.4, 0.5) is 5.69 Å². The van der Waals surface area contributed by atoms with Crippen molar-refractivity contribution < 1.29 is 4.79 Å². The van der Waals surface area contributed by atoms with Gasteiger partial charge in [-0.2, -0.15) is 0 Å². The molecular weight excluding hydrogens is 328 g/mol. The molecule has 106 valence electrons. The molecule has 0 aliphatic carbocycles. The maximum absolute atomic E-state index is 12.0. The lowest BCUT2D eigenvalue weighted by molar-refractivity contribution is -0.122. The molecule has 2 N–H and O–H groups in total. The molecule has 1 atom stereocenters. The lowest BCUT2D eigenvalue weighted by atomic mass is 10.1. The lowest BCUT2D eigenvalue weighted by Crippen LogP contribution is -2.42. The van der Waals surface area contributed by atoms with Gasteiger partial charge in [0, 0.05) is 16.2 Å². The number of rotatable bonds is 6. The summed E-state index contributed by atoms with van der Waals surface area (Å²) in [6.07, 6.45) is 1.89. The predicted molar refractivity (Wildman–Crippen MR) is 84.7 cm³/mol. The number of amides is 1. The van der Waals surface area contributed by atoms with Crippen LogP contribution in [-0.2, 0) is 4.79 Å². The van der Waals surface area contributed by atoms with Crippen LogP contribution in [0.25, 0.3) is 0 Å². The molecule has 0 saturated heterocycles. The fourth-order valence-corrected chi connectivity index (χ4v) is 2.15. The molecule has 0 spiro atoms. The summed E-state index contributed by atoms with van der Waals surface area (Å²) in [5.74, 6) is 0.00717. The van der Waals surface area contributed by atoms with Crippen LogP contribution in [-0.4, -0.2) is 18.0 Å². The standard InChI is InChI=1S/C14H20BrClN2O/c1-4-10(5-2)18-14(19)9(3)17-11-6-7-12(15)13(16)8-11/h6-10,17H,4-5H2,1-3H3,(H,18,19). The van der Waals surface area contributed by atoms with Crippen molar-refractivity contribution in [3.63, 3.8) is 0 Å². The highest BCUT2D eigenvalue weighted by Crippen LogP contribution is 2.25. The van der Waals surface area contributed by atoms with Crippen molar-refractivity contribution in [2.24, 2.45) is 0 Å². The molecule has 0 aromatic heterocycles. The Morgan fingerprint density at radius 1 is 1.37 bits per heavy atom. The van der Waals surface area contributed by atoms with Crippen molar-refractivity contribution >= 4 is 39.1 Å². The maximum atomic E-state index is 12.0. The average molecular weight is 348 g/mol. The smallest absolute Gasteiger partial charge is 0.242 e. The average Bonchev–Trinajstić information content (AvgIpc) is 2.39. The Kier molecular flexibility index (Phi) is 6.66.